The number of benzene rings is 3. The average molecular weight is 557 g/mol. The largest absolute Gasteiger partial charge is 0.444 e. The first-order valence-corrected chi connectivity index (χ1v) is 14.1. The van der Waals surface area contributed by atoms with E-state index in [4.69, 9.17) is 4.74 Å². The number of alkyl carbamates (subject to hydrolysis) is 1. The number of fused-ring (bicyclic) bond motifs is 1. The molecule has 2 amide bonds. The summed E-state index contributed by atoms with van der Waals surface area (Å²) in [7, 11) is 0. The van der Waals surface area contributed by atoms with Gasteiger partial charge in [0.15, 0.2) is 0 Å². The number of ether oxygens (including phenoxy) is 1. The van der Waals surface area contributed by atoms with Gasteiger partial charge in [0.05, 0.1) is 0 Å². The van der Waals surface area contributed by atoms with Gasteiger partial charge in [0.1, 0.15) is 17.1 Å². The molecule has 2 atom stereocenters. The van der Waals surface area contributed by atoms with E-state index in [9.17, 15) is 14.0 Å². The molecule has 8 heteroatoms. The van der Waals surface area contributed by atoms with E-state index in [0.717, 1.165) is 41.5 Å². The molecular formula is C33H37FN4O3. The number of hydrogen-bond donors (Lipinski definition) is 3. The fourth-order valence-corrected chi connectivity index (χ4v) is 5.53. The van der Waals surface area contributed by atoms with Crippen molar-refractivity contribution in [2.45, 2.75) is 45.4 Å². The lowest BCUT2D eigenvalue weighted by Gasteiger charge is -2.24. The van der Waals surface area contributed by atoms with Gasteiger partial charge in [-0.2, -0.15) is 0 Å². The number of H-pyrrole nitrogens is 1. The number of rotatable bonds is 8. The van der Waals surface area contributed by atoms with Crippen molar-refractivity contribution in [2.75, 3.05) is 19.6 Å². The molecular weight excluding hydrogens is 519 g/mol. The van der Waals surface area contributed by atoms with Gasteiger partial charge in [0, 0.05) is 48.7 Å². The summed E-state index contributed by atoms with van der Waals surface area (Å²) in [6.07, 6.45) is 0.399. The molecule has 0 aliphatic carbocycles. The number of aromatic nitrogens is 1. The van der Waals surface area contributed by atoms with Crippen LogP contribution >= 0.6 is 0 Å². The molecule has 4 aromatic rings. The van der Waals surface area contributed by atoms with Gasteiger partial charge in [-0.3, -0.25) is 9.69 Å². The number of para-hydroxylation sites is 1. The Kier molecular flexibility index (Phi) is 8.40. The summed E-state index contributed by atoms with van der Waals surface area (Å²) in [6.45, 7) is 8.02. The quantitative estimate of drug-likeness (QED) is 0.244. The third kappa shape index (κ3) is 7.13. The van der Waals surface area contributed by atoms with Crippen LogP contribution in [0.3, 0.4) is 0 Å². The van der Waals surface area contributed by atoms with Gasteiger partial charge in [0.2, 0.25) is 0 Å². The van der Waals surface area contributed by atoms with Crippen LogP contribution in [-0.2, 0) is 11.3 Å². The second kappa shape index (κ2) is 12.1. The Labute approximate surface area is 240 Å². The number of hydrogen-bond acceptors (Lipinski definition) is 4. The topological polar surface area (TPSA) is 86.5 Å². The predicted octanol–water partition coefficient (Wildman–Crippen LogP) is 6.12. The lowest BCUT2D eigenvalue weighted by atomic mass is 10.0. The van der Waals surface area contributed by atoms with Crippen LogP contribution in [-0.4, -0.2) is 53.2 Å². The van der Waals surface area contributed by atoms with Crippen LogP contribution in [0.5, 0.6) is 0 Å². The van der Waals surface area contributed by atoms with Crippen molar-refractivity contribution in [3.05, 3.63) is 95.9 Å². The maximum atomic E-state index is 13.7. The van der Waals surface area contributed by atoms with Crippen molar-refractivity contribution in [3.63, 3.8) is 0 Å². The van der Waals surface area contributed by atoms with Crippen molar-refractivity contribution < 1.29 is 18.7 Å². The van der Waals surface area contributed by atoms with E-state index in [-0.39, 0.29) is 23.7 Å². The standard InChI is InChI=1S/C33H37FN4O3/c1-33(2,3)41-32(40)36-18-23-17-26(38(21-23)20-22-9-5-4-6-10-22)19-35-31(39)30-29(24-13-15-25(34)16-14-24)27-11-7-8-12-28(27)37-30/h4-16,23,26,37H,17-21H2,1-3H3,(H,35,39)(H,36,40)/t23-,26+/m1/s1. The van der Waals surface area contributed by atoms with E-state index in [0.29, 0.717) is 18.8 Å². The second-order valence-corrected chi connectivity index (χ2v) is 11.7. The summed E-state index contributed by atoms with van der Waals surface area (Å²) in [4.78, 5) is 31.5. The SMILES string of the molecule is CC(C)(C)OC(=O)NC[C@H]1C[C@@H](CNC(=O)c2[nH]c3ccccc3c2-c2ccc(F)cc2)N(Cc2ccccc2)C1. The van der Waals surface area contributed by atoms with Crippen LogP contribution in [0.1, 0.15) is 43.2 Å². The highest BCUT2D eigenvalue weighted by molar-refractivity contribution is 6.09. The Balaban J connectivity index is 1.31. The number of amides is 2. The van der Waals surface area contributed by atoms with E-state index in [2.05, 4.69) is 32.7 Å². The predicted molar refractivity (Wildman–Crippen MR) is 159 cm³/mol. The third-order valence-corrected chi connectivity index (χ3v) is 7.34. The molecule has 5 rings (SSSR count). The zero-order valence-corrected chi connectivity index (χ0v) is 23.7. The van der Waals surface area contributed by atoms with Gasteiger partial charge in [-0.1, -0.05) is 60.7 Å². The molecule has 0 unspecified atom stereocenters. The van der Waals surface area contributed by atoms with Crippen LogP contribution in [0.4, 0.5) is 9.18 Å². The van der Waals surface area contributed by atoms with Crippen molar-refractivity contribution >= 4 is 22.9 Å². The van der Waals surface area contributed by atoms with Crippen LogP contribution in [0.25, 0.3) is 22.0 Å². The number of likely N-dealkylation sites (tertiary alicyclic amines) is 1. The zero-order chi connectivity index (χ0) is 29.0. The summed E-state index contributed by atoms with van der Waals surface area (Å²) in [6, 6.07) is 24.3. The normalized spacial score (nSPS) is 17.5. The molecule has 1 fully saturated rings. The van der Waals surface area contributed by atoms with Gasteiger partial charge < -0.3 is 20.4 Å². The Morgan fingerprint density at radius 1 is 0.951 bits per heavy atom. The maximum Gasteiger partial charge on any atom is 0.407 e. The van der Waals surface area contributed by atoms with Gasteiger partial charge in [-0.15, -0.1) is 0 Å². The Morgan fingerprint density at radius 2 is 1.66 bits per heavy atom. The third-order valence-electron chi connectivity index (χ3n) is 7.34. The highest BCUT2D eigenvalue weighted by atomic mass is 19.1. The Hall–Kier alpha value is -4.17. The summed E-state index contributed by atoms with van der Waals surface area (Å²) in [5.41, 5.74) is 3.46. The summed E-state index contributed by atoms with van der Waals surface area (Å²) < 4.78 is 19.1. The van der Waals surface area contributed by atoms with Gasteiger partial charge in [-0.05, 0) is 62.4 Å². The number of nitrogens with one attached hydrogen (secondary N) is 3. The van der Waals surface area contributed by atoms with E-state index < -0.39 is 11.7 Å². The van der Waals surface area contributed by atoms with Gasteiger partial charge in [-0.25, -0.2) is 9.18 Å². The number of aromatic amines is 1. The monoisotopic (exact) mass is 556 g/mol. The lowest BCUT2D eigenvalue weighted by Crippen LogP contribution is -2.40. The molecule has 0 radical (unpaired) electrons. The molecule has 0 bridgehead atoms. The van der Waals surface area contributed by atoms with E-state index in [1.807, 2.05) is 63.2 Å². The Bertz CT molecular complexity index is 1490. The zero-order valence-electron chi connectivity index (χ0n) is 23.7. The Morgan fingerprint density at radius 3 is 2.39 bits per heavy atom. The fourth-order valence-electron chi connectivity index (χ4n) is 5.53. The van der Waals surface area contributed by atoms with E-state index >= 15 is 0 Å². The van der Waals surface area contributed by atoms with E-state index in [1.54, 1.807) is 12.1 Å². The molecule has 214 valence electrons. The molecule has 3 aromatic carbocycles. The van der Waals surface area contributed by atoms with Gasteiger partial charge in [0.25, 0.3) is 5.91 Å². The number of carbonyl (C=O) groups is 2. The summed E-state index contributed by atoms with van der Waals surface area (Å²) >= 11 is 0. The molecule has 7 nitrogen and oxygen atoms in total. The van der Waals surface area contributed by atoms with E-state index in [1.165, 1.54) is 17.7 Å². The minimum atomic E-state index is -0.554. The van der Waals surface area contributed by atoms with Crippen molar-refractivity contribution in [1.82, 2.24) is 20.5 Å². The molecule has 1 aliphatic rings. The molecule has 1 aliphatic heterocycles. The average Bonchev–Trinajstić information content (AvgIpc) is 3.52. The van der Waals surface area contributed by atoms with Crippen LogP contribution < -0.4 is 10.6 Å². The molecule has 0 spiro atoms. The number of halogens is 1. The molecule has 41 heavy (non-hydrogen) atoms. The highest BCUT2D eigenvalue weighted by Crippen LogP contribution is 2.33. The number of nitrogens with zero attached hydrogens (tertiary/aromatic N) is 1. The molecule has 1 saturated heterocycles. The first kappa shape index (κ1) is 28.4. The van der Waals surface area contributed by atoms with Gasteiger partial charge >= 0.3 is 6.09 Å². The minimum absolute atomic E-state index is 0.0863. The van der Waals surface area contributed by atoms with Crippen molar-refractivity contribution in [1.29, 1.82) is 0 Å². The highest BCUT2D eigenvalue weighted by Gasteiger charge is 2.33. The van der Waals surface area contributed by atoms with Crippen LogP contribution in [0.15, 0.2) is 78.9 Å². The summed E-state index contributed by atoms with van der Waals surface area (Å²) in [5, 5.41) is 6.98. The van der Waals surface area contributed by atoms with Crippen molar-refractivity contribution in [3.8, 4) is 11.1 Å². The van der Waals surface area contributed by atoms with Crippen molar-refractivity contribution in [2.24, 2.45) is 5.92 Å². The first-order chi connectivity index (χ1) is 19.7. The smallest absolute Gasteiger partial charge is 0.407 e. The fraction of sp³-hybridized carbons (Fsp3) is 0.333. The molecule has 2 heterocycles. The van der Waals surface area contributed by atoms with Crippen LogP contribution in [0, 0.1) is 11.7 Å². The summed E-state index contributed by atoms with van der Waals surface area (Å²) in [5.74, 6) is -0.318. The molecule has 1 aromatic heterocycles. The molecule has 0 saturated carbocycles. The first-order valence-electron chi connectivity index (χ1n) is 14.1. The molecule has 3 N–H and O–H groups in total. The lowest BCUT2D eigenvalue weighted by molar-refractivity contribution is 0.0519. The maximum absolute atomic E-state index is 13.7. The number of carbonyl (C=O) groups excluding carboxylic acids is 2. The van der Waals surface area contributed by atoms with Crippen LogP contribution in [0.2, 0.25) is 0 Å². The second-order valence-electron chi connectivity index (χ2n) is 11.7. The minimum Gasteiger partial charge on any atom is -0.444 e.